The number of nitrogens with zero attached hydrogens (tertiary/aromatic N) is 1. The van der Waals surface area contributed by atoms with Crippen LogP contribution >= 0.6 is 0 Å². The highest BCUT2D eigenvalue weighted by molar-refractivity contribution is 5.98. The molecule has 1 aliphatic heterocycles. The third kappa shape index (κ3) is 2.15. The van der Waals surface area contributed by atoms with Gasteiger partial charge in [0.15, 0.2) is 5.78 Å². The number of hydrogen-bond donors (Lipinski definition) is 1. The summed E-state index contributed by atoms with van der Waals surface area (Å²) in [4.78, 5) is 15.8. The number of carbonyl (C=O) groups is 1. The zero-order valence-electron chi connectivity index (χ0n) is 8.69. The van der Waals surface area contributed by atoms with Crippen molar-refractivity contribution in [2.75, 3.05) is 19.7 Å². The zero-order chi connectivity index (χ0) is 10.7. The summed E-state index contributed by atoms with van der Waals surface area (Å²) >= 11 is 0. The van der Waals surface area contributed by atoms with Crippen LogP contribution in [0.2, 0.25) is 0 Å². The fraction of sp³-hybridized carbons (Fsp3) is 0.455. The summed E-state index contributed by atoms with van der Waals surface area (Å²) in [6.45, 7) is 4.05. The minimum absolute atomic E-state index is 0.115. The Balaban J connectivity index is 2.12. The SMILES string of the molecule is CCOc1cncc(C(=O)C2CNC2)c1. The number of nitrogens with one attached hydrogen (secondary N) is 1. The molecule has 0 aromatic carbocycles. The first-order chi connectivity index (χ1) is 7.31. The van der Waals surface area contributed by atoms with Crippen LogP contribution in [0.5, 0.6) is 5.75 Å². The predicted molar refractivity (Wildman–Crippen MR) is 56.1 cm³/mol. The summed E-state index contributed by atoms with van der Waals surface area (Å²) in [5.41, 5.74) is 0.646. The molecule has 1 aromatic heterocycles. The number of rotatable bonds is 4. The highest BCUT2D eigenvalue weighted by Gasteiger charge is 2.26. The van der Waals surface area contributed by atoms with Crippen molar-refractivity contribution in [2.45, 2.75) is 6.92 Å². The van der Waals surface area contributed by atoms with Crippen LogP contribution in [-0.2, 0) is 0 Å². The van der Waals surface area contributed by atoms with E-state index in [1.807, 2.05) is 6.92 Å². The molecule has 0 radical (unpaired) electrons. The molecule has 0 amide bonds. The Morgan fingerprint density at radius 2 is 2.40 bits per heavy atom. The summed E-state index contributed by atoms with van der Waals surface area (Å²) in [5, 5.41) is 3.08. The topological polar surface area (TPSA) is 51.2 Å². The summed E-state index contributed by atoms with van der Waals surface area (Å²) < 4.78 is 5.30. The Morgan fingerprint density at radius 1 is 1.60 bits per heavy atom. The molecular formula is C11H14N2O2. The number of aromatic nitrogens is 1. The van der Waals surface area contributed by atoms with Gasteiger partial charge >= 0.3 is 0 Å². The fourth-order valence-electron chi connectivity index (χ4n) is 1.51. The van der Waals surface area contributed by atoms with E-state index in [4.69, 9.17) is 4.74 Å². The van der Waals surface area contributed by atoms with Gasteiger partial charge in [0.25, 0.3) is 0 Å². The first-order valence-corrected chi connectivity index (χ1v) is 5.14. The highest BCUT2D eigenvalue weighted by Crippen LogP contribution is 2.16. The standard InChI is InChI=1S/C11H14N2O2/c1-2-15-10-3-8(4-13-7-10)11(14)9-5-12-6-9/h3-4,7,9,12H,2,5-6H2,1H3. The van der Waals surface area contributed by atoms with Gasteiger partial charge in [0.2, 0.25) is 0 Å². The van der Waals surface area contributed by atoms with Gasteiger partial charge in [0.1, 0.15) is 5.75 Å². The first-order valence-electron chi connectivity index (χ1n) is 5.14. The van der Waals surface area contributed by atoms with E-state index in [2.05, 4.69) is 10.3 Å². The van der Waals surface area contributed by atoms with E-state index in [0.29, 0.717) is 17.9 Å². The lowest BCUT2D eigenvalue weighted by atomic mass is 9.94. The molecule has 0 bridgehead atoms. The fourth-order valence-corrected chi connectivity index (χ4v) is 1.51. The molecule has 1 fully saturated rings. The molecule has 80 valence electrons. The van der Waals surface area contributed by atoms with E-state index in [-0.39, 0.29) is 11.7 Å². The van der Waals surface area contributed by atoms with Gasteiger partial charge in [0.05, 0.1) is 12.8 Å². The molecule has 1 saturated heterocycles. The Bertz CT molecular complexity index is 361. The molecule has 0 unspecified atom stereocenters. The maximum Gasteiger partial charge on any atom is 0.170 e. The van der Waals surface area contributed by atoms with E-state index >= 15 is 0 Å². The smallest absolute Gasteiger partial charge is 0.170 e. The molecule has 2 rings (SSSR count). The Hall–Kier alpha value is -1.42. The lowest BCUT2D eigenvalue weighted by Crippen LogP contribution is -2.46. The van der Waals surface area contributed by atoms with Crippen molar-refractivity contribution in [2.24, 2.45) is 5.92 Å². The van der Waals surface area contributed by atoms with Crippen LogP contribution in [-0.4, -0.2) is 30.5 Å². The normalized spacial score (nSPS) is 15.8. The van der Waals surface area contributed by atoms with Gasteiger partial charge in [-0.2, -0.15) is 0 Å². The quantitative estimate of drug-likeness (QED) is 0.743. The lowest BCUT2D eigenvalue weighted by Gasteiger charge is -2.25. The van der Waals surface area contributed by atoms with Gasteiger partial charge in [-0.25, -0.2) is 0 Å². The zero-order valence-corrected chi connectivity index (χ0v) is 8.69. The van der Waals surface area contributed by atoms with Gasteiger partial charge < -0.3 is 10.1 Å². The second-order valence-corrected chi connectivity index (χ2v) is 3.56. The molecule has 4 nitrogen and oxygen atoms in total. The molecule has 1 N–H and O–H groups in total. The largest absolute Gasteiger partial charge is 0.492 e. The van der Waals surface area contributed by atoms with Crippen molar-refractivity contribution in [3.8, 4) is 5.75 Å². The molecule has 15 heavy (non-hydrogen) atoms. The third-order valence-electron chi connectivity index (χ3n) is 2.46. The molecule has 0 saturated carbocycles. The van der Waals surface area contributed by atoms with Crippen LogP contribution in [0.3, 0.4) is 0 Å². The molecular weight excluding hydrogens is 192 g/mol. The summed E-state index contributed by atoms with van der Waals surface area (Å²) in [6.07, 6.45) is 3.22. The predicted octanol–water partition coefficient (Wildman–Crippen LogP) is 0.882. The first kappa shape index (κ1) is 10.1. The van der Waals surface area contributed by atoms with Crippen molar-refractivity contribution in [3.05, 3.63) is 24.0 Å². The van der Waals surface area contributed by atoms with E-state index in [1.54, 1.807) is 18.5 Å². The lowest BCUT2D eigenvalue weighted by molar-refractivity contribution is 0.0877. The number of Topliss-reactive ketones (excluding diaryl/α,β-unsaturated/α-hetero) is 1. The number of hydrogen-bond acceptors (Lipinski definition) is 4. The van der Waals surface area contributed by atoms with Crippen molar-refractivity contribution in [3.63, 3.8) is 0 Å². The van der Waals surface area contributed by atoms with Crippen molar-refractivity contribution >= 4 is 5.78 Å². The molecule has 4 heteroatoms. The number of carbonyl (C=O) groups excluding carboxylic acids is 1. The number of pyridine rings is 1. The molecule has 1 aromatic rings. The summed E-state index contributed by atoms with van der Waals surface area (Å²) in [7, 11) is 0. The molecule has 0 atom stereocenters. The highest BCUT2D eigenvalue weighted by atomic mass is 16.5. The minimum atomic E-state index is 0.115. The average molecular weight is 206 g/mol. The maximum atomic E-state index is 11.8. The second kappa shape index (κ2) is 4.40. The van der Waals surface area contributed by atoms with E-state index < -0.39 is 0 Å². The van der Waals surface area contributed by atoms with E-state index in [1.165, 1.54) is 0 Å². The van der Waals surface area contributed by atoms with Crippen LogP contribution in [0.4, 0.5) is 0 Å². The molecule has 2 heterocycles. The monoisotopic (exact) mass is 206 g/mol. The van der Waals surface area contributed by atoms with Crippen molar-refractivity contribution < 1.29 is 9.53 Å². The van der Waals surface area contributed by atoms with Gasteiger partial charge in [-0.1, -0.05) is 0 Å². The third-order valence-corrected chi connectivity index (χ3v) is 2.46. The van der Waals surface area contributed by atoms with Crippen LogP contribution in [0.25, 0.3) is 0 Å². The van der Waals surface area contributed by atoms with Gasteiger partial charge in [-0.3, -0.25) is 9.78 Å². The number of ketones is 1. The Labute approximate surface area is 88.7 Å². The van der Waals surface area contributed by atoms with Crippen LogP contribution < -0.4 is 10.1 Å². The molecule has 1 aliphatic rings. The van der Waals surface area contributed by atoms with Crippen molar-refractivity contribution in [1.82, 2.24) is 10.3 Å². The maximum absolute atomic E-state index is 11.8. The van der Waals surface area contributed by atoms with E-state index in [9.17, 15) is 4.79 Å². The minimum Gasteiger partial charge on any atom is -0.492 e. The van der Waals surface area contributed by atoms with Crippen LogP contribution in [0.15, 0.2) is 18.5 Å². The Morgan fingerprint density at radius 3 is 3.00 bits per heavy atom. The molecule has 0 aliphatic carbocycles. The summed E-state index contributed by atoms with van der Waals surface area (Å²) in [6, 6.07) is 1.76. The van der Waals surface area contributed by atoms with Crippen LogP contribution in [0, 0.1) is 5.92 Å². The average Bonchev–Trinajstić information content (AvgIpc) is 2.16. The van der Waals surface area contributed by atoms with Gasteiger partial charge in [-0.05, 0) is 13.0 Å². The molecule has 0 spiro atoms. The van der Waals surface area contributed by atoms with Gasteiger partial charge in [0, 0.05) is 30.8 Å². The van der Waals surface area contributed by atoms with Crippen molar-refractivity contribution in [1.29, 1.82) is 0 Å². The number of ether oxygens (including phenoxy) is 1. The second-order valence-electron chi connectivity index (χ2n) is 3.56. The summed E-state index contributed by atoms with van der Waals surface area (Å²) in [5.74, 6) is 0.933. The van der Waals surface area contributed by atoms with E-state index in [0.717, 1.165) is 13.1 Å². The van der Waals surface area contributed by atoms with Crippen LogP contribution in [0.1, 0.15) is 17.3 Å². The Kier molecular flexibility index (Phi) is 2.97. The van der Waals surface area contributed by atoms with Gasteiger partial charge in [-0.15, -0.1) is 0 Å².